The lowest BCUT2D eigenvalue weighted by molar-refractivity contribution is -0.140. The molecule has 2 saturated heterocycles. The molecule has 0 bridgehead atoms. The van der Waals surface area contributed by atoms with Crippen LogP contribution in [0, 0.1) is 0 Å². The first-order chi connectivity index (χ1) is 6.59. The summed E-state index contributed by atoms with van der Waals surface area (Å²) in [7, 11) is 0. The number of carbonyl (C=O) groups is 3. The number of carbonyl (C=O) groups excluding carboxylic acids is 3. The highest BCUT2D eigenvalue weighted by Crippen LogP contribution is 2.25. The van der Waals surface area contributed by atoms with Gasteiger partial charge < -0.3 is 4.90 Å². The van der Waals surface area contributed by atoms with Crippen molar-refractivity contribution < 1.29 is 14.4 Å². The maximum atomic E-state index is 11.3. The number of hydrogen-bond acceptors (Lipinski definition) is 4. The highest BCUT2D eigenvalue weighted by molar-refractivity contribution is 8.14. The summed E-state index contributed by atoms with van der Waals surface area (Å²) in [4.78, 5) is 36.3. The van der Waals surface area contributed by atoms with Crippen molar-refractivity contribution in [2.45, 2.75) is 13.0 Å². The number of hydrogen-bond donors (Lipinski definition) is 0. The molecule has 2 aliphatic rings. The Bertz CT molecular complexity index is 296. The van der Waals surface area contributed by atoms with E-state index < -0.39 is 0 Å². The molecule has 14 heavy (non-hydrogen) atoms. The van der Waals surface area contributed by atoms with Gasteiger partial charge in [0.1, 0.15) is 0 Å². The maximum Gasteiger partial charge on any atom is 0.289 e. The second kappa shape index (κ2) is 3.27. The lowest BCUT2D eigenvalue weighted by Crippen LogP contribution is -2.61. The van der Waals surface area contributed by atoms with Crippen molar-refractivity contribution in [1.29, 1.82) is 0 Å². The van der Waals surface area contributed by atoms with Crippen molar-refractivity contribution in [2.75, 3.05) is 18.8 Å². The Balaban J connectivity index is 1.96. The van der Waals surface area contributed by atoms with Gasteiger partial charge in [-0.2, -0.15) is 0 Å². The molecule has 0 saturated carbocycles. The van der Waals surface area contributed by atoms with Gasteiger partial charge in [0.25, 0.3) is 5.24 Å². The highest BCUT2D eigenvalue weighted by atomic mass is 32.2. The van der Waals surface area contributed by atoms with E-state index in [0.29, 0.717) is 13.1 Å². The number of thioether (sulfide) groups is 1. The molecule has 0 unspecified atom stereocenters. The van der Waals surface area contributed by atoms with E-state index in [0.717, 1.165) is 11.8 Å². The molecule has 0 spiro atoms. The summed E-state index contributed by atoms with van der Waals surface area (Å²) < 4.78 is 0. The average molecular weight is 214 g/mol. The standard InChI is InChI=1S/C8H10N2O3S/c1-5(11)9-2-6(3-9)10-7(12)4-14-8(10)13/h6H,2-4H2,1H3. The lowest BCUT2D eigenvalue weighted by Gasteiger charge is -2.42. The van der Waals surface area contributed by atoms with Gasteiger partial charge in [-0.25, -0.2) is 0 Å². The van der Waals surface area contributed by atoms with Gasteiger partial charge >= 0.3 is 0 Å². The summed E-state index contributed by atoms with van der Waals surface area (Å²) >= 11 is 1.03. The third kappa shape index (κ3) is 1.39. The Labute approximate surface area is 85.4 Å². The van der Waals surface area contributed by atoms with E-state index in [4.69, 9.17) is 0 Å². The fourth-order valence-corrected chi connectivity index (χ4v) is 2.37. The minimum atomic E-state index is -0.178. The summed E-state index contributed by atoms with van der Waals surface area (Å²) in [5.74, 6) is 0.108. The SMILES string of the molecule is CC(=O)N1CC(N2C(=O)CSC2=O)C1. The second-order valence-corrected chi connectivity index (χ2v) is 4.32. The maximum absolute atomic E-state index is 11.3. The monoisotopic (exact) mass is 214 g/mol. The molecule has 5 nitrogen and oxygen atoms in total. The van der Waals surface area contributed by atoms with E-state index in [1.54, 1.807) is 4.90 Å². The van der Waals surface area contributed by atoms with E-state index >= 15 is 0 Å². The number of likely N-dealkylation sites (tertiary alicyclic amines) is 1. The molecule has 2 fully saturated rings. The predicted octanol–water partition coefficient (Wildman–Crippen LogP) is -0.0875. The van der Waals surface area contributed by atoms with Crippen molar-refractivity contribution in [3.8, 4) is 0 Å². The predicted molar refractivity (Wildman–Crippen MR) is 50.7 cm³/mol. The quantitative estimate of drug-likeness (QED) is 0.612. The van der Waals surface area contributed by atoms with Crippen LogP contribution < -0.4 is 0 Å². The van der Waals surface area contributed by atoms with E-state index in [9.17, 15) is 14.4 Å². The van der Waals surface area contributed by atoms with Crippen LogP contribution in [0.4, 0.5) is 4.79 Å². The zero-order valence-corrected chi connectivity index (χ0v) is 8.54. The van der Waals surface area contributed by atoms with Crippen molar-refractivity contribution >= 4 is 28.8 Å². The molecule has 3 amide bonds. The number of imide groups is 1. The molecule has 2 heterocycles. The third-order valence-corrected chi connectivity index (χ3v) is 3.29. The zero-order chi connectivity index (χ0) is 10.3. The molecule has 6 heteroatoms. The first-order valence-electron chi connectivity index (χ1n) is 4.34. The average Bonchev–Trinajstić information content (AvgIpc) is 2.32. The van der Waals surface area contributed by atoms with Gasteiger partial charge in [0.2, 0.25) is 11.8 Å². The molecule has 0 aromatic rings. The Kier molecular flexibility index (Phi) is 2.22. The molecule has 0 aliphatic carbocycles. The molecule has 0 aromatic heterocycles. The molecular weight excluding hydrogens is 204 g/mol. The fourth-order valence-electron chi connectivity index (χ4n) is 1.59. The topological polar surface area (TPSA) is 57.7 Å². The van der Waals surface area contributed by atoms with Crippen LogP contribution in [0.1, 0.15) is 6.92 Å². The van der Waals surface area contributed by atoms with E-state index in [-0.39, 0.29) is 28.8 Å². The van der Waals surface area contributed by atoms with Crippen molar-refractivity contribution in [1.82, 2.24) is 9.80 Å². The highest BCUT2D eigenvalue weighted by Gasteiger charge is 2.42. The van der Waals surface area contributed by atoms with Gasteiger partial charge in [-0.3, -0.25) is 19.3 Å². The van der Waals surface area contributed by atoms with Crippen LogP contribution >= 0.6 is 11.8 Å². The van der Waals surface area contributed by atoms with Gasteiger partial charge in [0, 0.05) is 20.0 Å². The lowest BCUT2D eigenvalue weighted by atomic mass is 10.1. The fraction of sp³-hybridized carbons (Fsp3) is 0.625. The summed E-state index contributed by atoms with van der Waals surface area (Å²) in [6.07, 6.45) is 0. The van der Waals surface area contributed by atoms with Gasteiger partial charge in [-0.1, -0.05) is 11.8 Å². The molecule has 76 valence electrons. The second-order valence-electron chi connectivity index (χ2n) is 3.40. The molecule has 0 N–H and O–H groups in total. The van der Waals surface area contributed by atoms with Crippen LogP contribution in [0.25, 0.3) is 0 Å². The normalized spacial score (nSPS) is 22.9. The van der Waals surface area contributed by atoms with Crippen LogP contribution in [-0.2, 0) is 9.59 Å². The van der Waals surface area contributed by atoms with Crippen molar-refractivity contribution in [2.24, 2.45) is 0 Å². The van der Waals surface area contributed by atoms with Crippen LogP contribution in [0.2, 0.25) is 0 Å². The van der Waals surface area contributed by atoms with Gasteiger partial charge in [0.05, 0.1) is 11.8 Å². The van der Waals surface area contributed by atoms with Crippen LogP contribution in [0.15, 0.2) is 0 Å². The van der Waals surface area contributed by atoms with Gasteiger partial charge in [0.15, 0.2) is 0 Å². The third-order valence-electron chi connectivity index (χ3n) is 2.46. The minimum Gasteiger partial charge on any atom is -0.339 e. The van der Waals surface area contributed by atoms with E-state index in [1.807, 2.05) is 0 Å². The van der Waals surface area contributed by atoms with Crippen LogP contribution in [-0.4, -0.2) is 51.7 Å². The summed E-state index contributed by atoms with van der Waals surface area (Å²) in [5.41, 5.74) is 0. The van der Waals surface area contributed by atoms with Crippen molar-refractivity contribution in [3.63, 3.8) is 0 Å². The Morgan fingerprint density at radius 2 is 2.07 bits per heavy atom. The molecule has 0 radical (unpaired) electrons. The summed E-state index contributed by atoms with van der Waals surface area (Å²) in [5, 5.41) is -0.178. The molecule has 2 rings (SSSR count). The van der Waals surface area contributed by atoms with Crippen LogP contribution in [0.5, 0.6) is 0 Å². The first kappa shape index (κ1) is 9.51. The molecular formula is C8H10N2O3S. The van der Waals surface area contributed by atoms with Gasteiger partial charge in [-0.15, -0.1) is 0 Å². The number of rotatable bonds is 1. The number of amides is 3. The summed E-state index contributed by atoms with van der Waals surface area (Å²) in [6.45, 7) is 2.47. The Morgan fingerprint density at radius 3 is 2.50 bits per heavy atom. The number of nitrogens with zero attached hydrogens (tertiary/aromatic N) is 2. The van der Waals surface area contributed by atoms with E-state index in [2.05, 4.69) is 0 Å². The van der Waals surface area contributed by atoms with Gasteiger partial charge in [-0.05, 0) is 0 Å². The molecule has 0 aromatic carbocycles. The van der Waals surface area contributed by atoms with E-state index in [1.165, 1.54) is 11.8 Å². The Morgan fingerprint density at radius 1 is 1.43 bits per heavy atom. The molecule has 2 aliphatic heterocycles. The first-order valence-corrected chi connectivity index (χ1v) is 5.32. The minimum absolute atomic E-state index is 0.00648. The zero-order valence-electron chi connectivity index (χ0n) is 7.73. The molecule has 0 atom stereocenters. The van der Waals surface area contributed by atoms with Crippen molar-refractivity contribution in [3.05, 3.63) is 0 Å². The smallest absolute Gasteiger partial charge is 0.289 e. The Hall–Kier alpha value is -1.04. The van der Waals surface area contributed by atoms with Crippen LogP contribution in [0.3, 0.4) is 0 Å². The summed E-state index contributed by atoms with van der Waals surface area (Å²) in [6, 6.07) is -0.0890. The largest absolute Gasteiger partial charge is 0.339 e.